The van der Waals surface area contributed by atoms with Gasteiger partial charge < -0.3 is 4.74 Å². The van der Waals surface area contributed by atoms with Crippen molar-refractivity contribution < 1.29 is 17.7 Å². The van der Waals surface area contributed by atoms with E-state index in [1.807, 2.05) is 0 Å². The van der Waals surface area contributed by atoms with Gasteiger partial charge in [-0.05, 0) is 12.8 Å². The first-order chi connectivity index (χ1) is 5.15. The first kappa shape index (κ1) is 13.4. The molecule has 0 radical (unpaired) electrons. The van der Waals surface area contributed by atoms with Gasteiger partial charge in [-0.3, -0.25) is 12.9 Å². The van der Waals surface area contributed by atoms with Crippen LogP contribution in [0.25, 0.3) is 0 Å². The van der Waals surface area contributed by atoms with Crippen molar-refractivity contribution in [2.24, 2.45) is 0 Å². The predicted octanol–water partition coefficient (Wildman–Crippen LogP) is 2.70. The van der Waals surface area contributed by atoms with Crippen LogP contribution in [0.1, 0.15) is 26.7 Å². The average molecular weight is 170 g/mol. The fourth-order valence-corrected chi connectivity index (χ4v) is 0.391. The maximum atomic E-state index is 9.67. The standard InChI is InChI=1S/C6H14O.BF3/c1-3-5-7-6-4-2;2-1(3)4/h3-6H2,1-2H3;. The maximum absolute atomic E-state index is 9.67. The number of halogens is 3. The number of hydrogen-bond donors (Lipinski definition) is 0. The number of hydrogen-bond acceptors (Lipinski definition) is 1. The molecule has 0 fully saturated rings. The summed E-state index contributed by atoms with van der Waals surface area (Å²) in [6.45, 7) is 6.09. The van der Waals surface area contributed by atoms with E-state index < -0.39 is 7.54 Å². The van der Waals surface area contributed by atoms with E-state index in [1.165, 1.54) is 0 Å². The Kier molecular flexibility index (Phi) is 15.2. The lowest BCUT2D eigenvalue weighted by Gasteiger charge is -1.95. The lowest BCUT2D eigenvalue weighted by Crippen LogP contribution is -1.92. The fraction of sp³-hybridized carbons (Fsp3) is 1.00. The maximum Gasteiger partial charge on any atom is 0.762 e. The minimum absolute atomic E-state index is 0.924. The second-order valence-corrected chi connectivity index (χ2v) is 1.86. The predicted molar refractivity (Wildman–Crippen MR) is 40.5 cm³/mol. The van der Waals surface area contributed by atoms with Crippen LogP contribution >= 0.6 is 0 Å². The molecule has 5 heteroatoms. The van der Waals surface area contributed by atoms with Gasteiger partial charge in [0.2, 0.25) is 0 Å². The molecule has 0 aliphatic heterocycles. The van der Waals surface area contributed by atoms with Crippen LogP contribution in [0.15, 0.2) is 0 Å². The average Bonchev–Trinajstić information content (AvgIpc) is 1.88. The van der Waals surface area contributed by atoms with E-state index in [4.69, 9.17) is 4.74 Å². The van der Waals surface area contributed by atoms with Gasteiger partial charge in [0.1, 0.15) is 0 Å². The van der Waals surface area contributed by atoms with Gasteiger partial charge in [-0.2, -0.15) is 0 Å². The molecule has 68 valence electrons. The van der Waals surface area contributed by atoms with E-state index in [9.17, 15) is 12.9 Å². The molecule has 0 unspecified atom stereocenters. The zero-order valence-corrected chi connectivity index (χ0v) is 6.95. The first-order valence-corrected chi connectivity index (χ1v) is 3.65. The molecule has 0 saturated heterocycles. The van der Waals surface area contributed by atoms with Gasteiger partial charge in [0, 0.05) is 13.2 Å². The Balaban J connectivity index is 0. The Hall–Kier alpha value is -0.185. The molecule has 0 rings (SSSR count). The van der Waals surface area contributed by atoms with Crippen LogP contribution < -0.4 is 0 Å². The highest BCUT2D eigenvalue weighted by molar-refractivity contribution is 6.33. The minimum Gasteiger partial charge on any atom is -0.381 e. The molecular formula is C6H14BF3O. The summed E-state index contributed by atoms with van der Waals surface area (Å²) in [5, 5.41) is 0. The van der Waals surface area contributed by atoms with E-state index in [0.29, 0.717) is 0 Å². The molecule has 0 bridgehead atoms. The third-order valence-electron chi connectivity index (χ3n) is 0.697. The summed E-state index contributed by atoms with van der Waals surface area (Å²) in [6.07, 6.45) is 2.28. The SMILES string of the molecule is CCCOCCC.FB(F)F. The van der Waals surface area contributed by atoms with E-state index in [-0.39, 0.29) is 0 Å². The van der Waals surface area contributed by atoms with Crippen LogP contribution in [0.3, 0.4) is 0 Å². The van der Waals surface area contributed by atoms with Gasteiger partial charge >= 0.3 is 7.54 Å². The van der Waals surface area contributed by atoms with Gasteiger partial charge in [-0.1, -0.05) is 13.8 Å². The molecule has 0 saturated carbocycles. The van der Waals surface area contributed by atoms with Gasteiger partial charge in [-0.15, -0.1) is 0 Å². The molecule has 0 amide bonds. The van der Waals surface area contributed by atoms with E-state index in [0.717, 1.165) is 26.1 Å². The molecule has 0 heterocycles. The second-order valence-electron chi connectivity index (χ2n) is 1.86. The number of rotatable bonds is 4. The van der Waals surface area contributed by atoms with Crippen LogP contribution in [-0.2, 0) is 4.74 Å². The summed E-state index contributed by atoms with van der Waals surface area (Å²) >= 11 is 0. The lowest BCUT2D eigenvalue weighted by atomic mass is 10.5. The molecule has 0 aliphatic rings. The topological polar surface area (TPSA) is 9.23 Å². The Labute approximate surface area is 66.2 Å². The summed E-state index contributed by atoms with van der Waals surface area (Å²) in [6, 6.07) is 0. The molecule has 1 nitrogen and oxygen atoms in total. The van der Waals surface area contributed by atoms with Crippen molar-refractivity contribution in [3.63, 3.8) is 0 Å². The molecule has 0 spiro atoms. The van der Waals surface area contributed by atoms with Crippen LogP contribution in [-0.4, -0.2) is 20.8 Å². The largest absolute Gasteiger partial charge is 0.762 e. The highest BCUT2D eigenvalue weighted by Crippen LogP contribution is 1.81. The molecule has 0 aliphatic carbocycles. The van der Waals surface area contributed by atoms with Crippen molar-refractivity contribution in [3.8, 4) is 0 Å². The van der Waals surface area contributed by atoms with Crippen LogP contribution in [0.4, 0.5) is 12.9 Å². The Morgan fingerprint density at radius 2 is 1.27 bits per heavy atom. The molecule has 0 aromatic carbocycles. The fourth-order valence-electron chi connectivity index (χ4n) is 0.391. The molecule has 0 N–H and O–H groups in total. The van der Waals surface area contributed by atoms with Crippen molar-refractivity contribution in [2.45, 2.75) is 26.7 Å². The normalized spacial score (nSPS) is 8.45. The van der Waals surface area contributed by atoms with E-state index in [2.05, 4.69) is 13.8 Å². The Morgan fingerprint density at radius 1 is 1.00 bits per heavy atom. The zero-order valence-electron chi connectivity index (χ0n) is 6.95. The van der Waals surface area contributed by atoms with Crippen molar-refractivity contribution in [2.75, 3.05) is 13.2 Å². The zero-order chi connectivity index (χ0) is 9.11. The quantitative estimate of drug-likeness (QED) is 0.465. The Bertz CT molecular complexity index is 57.0. The lowest BCUT2D eigenvalue weighted by molar-refractivity contribution is 0.135. The summed E-state index contributed by atoms with van der Waals surface area (Å²) in [5.41, 5.74) is 0. The van der Waals surface area contributed by atoms with E-state index in [1.54, 1.807) is 0 Å². The monoisotopic (exact) mass is 170 g/mol. The van der Waals surface area contributed by atoms with E-state index >= 15 is 0 Å². The van der Waals surface area contributed by atoms with Gasteiger partial charge in [0.15, 0.2) is 0 Å². The Morgan fingerprint density at radius 3 is 1.45 bits per heavy atom. The summed E-state index contributed by atoms with van der Waals surface area (Å²) in [7, 11) is -3.67. The molecule has 0 aromatic heterocycles. The van der Waals surface area contributed by atoms with Gasteiger partial charge in [0.05, 0.1) is 0 Å². The highest BCUT2D eigenvalue weighted by Gasteiger charge is 2.06. The molecule has 0 aromatic rings. The van der Waals surface area contributed by atoms with Crippen molar-refractivity contribution in [1.29, 1.82) is 0 Å². The third-order valence-corrected chi connectivity index (χ3v) is 0.697. The highest BCUT2D eigenvalue weighted by atomic mass is 19.4. The first-order valence-electron chi connectivity index (χ1n) is 3.65. The summed E-state index contributed by atoms with van der Waals surface area (Å²) in [4.78, 5) is 0. The third kappa shape index (κ3) is 41.2. The number of ether oxygens (including phenoxy) is 1. The summed E-state index contributed by atoms with van der Waals surface area (Å²) in [5.74, 6) is 0. The van der Waals surface area contributed by atoms with Gasteiger partial charge in [-0.25, -0.2) is 0 Å². The minimum atomic E-state index is -3.67. The molecular weight excluding hydrogens is 156 g/mol. The van der Waals surface area contributed by atoms with Crippen molar-refractivity contribution >= 4 is 7.54 Å². The molecule has 11 heavy (non-hydrogen) atoms. The molecule has 0 atom stereocenters. The van der Waals surface area contributed by atoms with Crippen LogP contribution in [0, 0.1) is 0 Å². The van der Waals surface area contributed by atoms with Gasteiger partial charge in [0.25, 0.3) is 0 Å². The smallest absolute Gasteiger partial charge is 0.381 e. The summed E-state index contributed by atoms with van der Waals surface area (Å²) < 4.78 is 34.1. The van der Waals surface area contributed by atoms with Crippen LogP contribution in [0.5, 0.6) is 0 Å². The second kappa shape index (κ2) is 12.5. The van der Waals surface area contributed by atoms with Crippen LogP contribution in [0.2, 0.25) is 0 Å². The van der Waals surface area contributed by atoms with Crippen molar-refractivity contribution in [3.05, 3.63) is 0 Å². The van der Waals surface area contributed by atoms with Crippen molar-refractivity contribution in [1.82, 2.24) is 0 Å².